The van der Waals surface area contributed by atoms with Crippen LogP contribution in [0.3, 0.4) is 0 Å². The number of carbonyl (C=O) groups excluding carboxylic acids is 1. The molecule has 0 aliphatic carbocycles. The minimum Gasteiger partial charge on any atom is -0.379 e. The van der Waals surface area contributed by atoms with Crippen LogP contribution in [0.1, 0.15) is 23.6 Å². The van der Waals surface area contributed by atoms with Gasteiger partial charge < -0.3 is 10.1 Å². The average molecular weight is 469 g/mol. The number of nitrogens with zero attached hydrogens (tertiary/aromatic N) is 5. The monoisotopic (exact) mass is 468 g/mol. The van der Waals surface area contributed by atoms with E-state index in [0.717, 1.165) is 44.1 Å². The van der Waals surface area contributed by atoms with Crippen molar-refractivity contribution in [1.29, 1.82) is 0 Å². The molecule has 1 saturated heterocycles. The third kappa shape index (κ3) is 4.42. The molecule has 4 heterocycles. The van der Waals surface area contributed by atoms with E-state index >= 15 is 0 Å². The van der Waals surface area contributed by atoms with Crippen LogP contribution in [0.5, 0.6) is 0 Å². The van der Waals surface area contributed by atoms with Gasteiger partial charge >= 0.3 is 0 Å². The summed E-state index contributed by atoms with van der Waals surface area (Å²) in [5, 5.41) is 8.58. The third-order valence-electron chi connectivity index (χ3n) is 6.23. The second-order valence-corrected chi connectivity index (χ2v) is 9.61. The van der Waals surface area contributed by atoms with E-state index in [1.54, 1.807) is 15.4 Å². The molecule has 10 heteroatoms. The Hall–Kier alpha value is -2.69. The lowest BCUT2D eigenvalue weighted by Crippen LogP contribution is -2.41. The molecule has 9 nitrogen and oxygen atoms in total. The molecule has 1 atom stereocenters. The van der Waals surface area contributed by atoms with Crippen LogP contribution >= 0.6 is 11.8 Å². The molecule has 1 fully saturated rings. The Kier molecular flexibility index (Phi) is 6.22. The molecule has 0 bridgehead atoms. The van der Waals surface area contributed by atoms with Crippen LogP contribution in [0.15, 0.2) is 34.3 Å². The summed E-state index contributed by atoms with van der Waals surface area (Å²) in [5.74, 6) is 0.614. The molecule has 1 unspecified atom stereocenters. The first-order valence-corrected chi connectivity index (χ1v) is 12.3. The summed E-state index contributed by atoms with van der Waals surface area (Å²) in [6.45, 7) is 8.77. The fourth-order valence-corrected chi connectivity index (χ4v) is 5.60. The van der Waals surface area contributed by atoms with Crippen molar-refractivity contribution in [1.82, 2.24) is 29.5 Å². The van der Waals surface area contributed by atoms with Crippen LogP contribution in [0.4, 0.5) is 0 Å². The predicted molar refractivity (Wildman–Crippen MR) is 127 cm³/mol. The molecule has 0 radical (unpaired) electrons. The Labute approximate surface area is 196 Å². The lowest BCUT2D eigenvalue weighted by Gasteiger charge is -2.26. The van der Waals surface area contributed by atoms with Crippen molar-refractivity contribution < 1.29 is 9.53 Å². The number of hydrogen-bond acceptors (Lipinski definition) is 7. The number of benzene rings is 1. The Morgan fingerprint density at radius 2 is 2.09 bits per heavy atom. The van der Waals surface area contributed by atoms with Gasteiger partial charge in [0, 0.05) is 38.4 Å². The van der Waals surface area contributed by atoms with Gasteiger partial charge in [0.15, 0.2) is 10.8 Å². The minimum absolute atomic E-state index is 0.0420. The highest BCUT2D eigenvalue weighted by atomic mass is 32.2. The number of aryl methyl sites for hydroxylation is 2. The summed E-state index contributed by atoms with van der Waals surface area (Å²) < 4.78 is 8.76. The van der Waals surface area contributed by atoms with E-state index < -0.39 is 0 Å². The lowest BCUT2D eigenvalue weighted by atomic mass is 10.1. The second kappa shape index (κ2) is 9.28. The first-order valence-electron chi connectivity index (χ1n) is 11.3. The highest BCUT2D eigenvalue weighted by Crippen LogP contribution is 2.33. The fraction of sp³-hybridized carbons (Fsp3) is 0.478. The predicted octanol–water partition coefficient (Wildman–Crippen LogP) is 1.68. The van der Waals surface area contributed by atoms with Gasteiger partial charge in [-0.1, -0.05) is 29.5 Å². The standard InChI is InChI=1S/C23H28N6O3S/c1-15-3-4-19(16(2)11-15)29-21-18(13-25-29)22(31)28-17(14-33-23(28)26-21)12-20(30)24-5-6-27-7-9-32-10-8-27/h3-4,11,13,17H,5-10,12,14H2,1-2H3,(H,24,30). The molecule has 0 spiro atoms. The molecule has 33 heavy (non-hydrogen) atoms. The van der Waals surface area contributed by atoms with Gasteiger partial charge in [0.05, 0.1) is 31.1 Å². The van der Waals surface area contributed by atoms with Crippen LogP contribution in [0.2, 0.25) is 0 Å². The lowest BCUT2D eigenvalue weighted by molar-refractivity contribution is -0.121. The molecule has 0 saturated carbocycles. The van der Waals surface area contributed by atoms with Gasteiger partial charge in [0.2, 0.25) is 5.91 Å². The van der Waals surface area contributed by atoms with E-state index in [-0.39, 0.29) is 23.9 Å². The molecule has 3 aromatic rings. The van der Waals surface area contributed by atoms with E-state index in [9.17, 15) is 9.59 Å². The van der Waals surface area contributed by atoms with Crippen molar-refractivity contribution in [3.05, 3.63) is 45.9 Å². The van der Waals surface area contributed by atoms with Crippen molar-refractivity contribution >= 4 is 28.7 Å². The van der Waals surface area contributed by atoms with Gasteiger partial charge in [0.25, 0.3) is 5.56 Å². The minimum atomic E-state index is -0.206. The van der Waals surface area contributed by atoms with Crippen molar-refractivity contribution in [3.63, 3.8) is 0 Å². The Morgan fingerprint density at radius 1 is 1.27 bits per heavy atom. The molecule has 174 valence electrons. The van der Waals surface area contributed by atoms with Crippen LogP contribution in [0.25, 0.3) is 16.7 Å². The molecule has 1 amide bonds. The molecule has 2 aromatic heterocycles. The maximum atomic E-state index is 13.3. The molecule has 2 aliphatic rings. The van der Waals surface area contributed by atoms with Crippen LogP contribution in [-0.2, 0) is 9.53 Å². The average Bonchev–Trinajstić information content (AvgIpc) is 3.40. The van der Waals surface area contributed by atoms with Crippen molar-refractivity contribution in [3.8, 4) is 5.69 Å². The number of ether oxygens (including phenoxy) is 1. The van der Waals surface area contributed by atoms with Gasteiger partial charge in [-0.2, -0.15) is 5.10 Å². The zero-order valence-electron chi connectivity index (χ0n) is 18.9. The van der Waals surface area contributed by atoms with E-state index in [0.29, 0.717) is 28.5 Å². The maximum Gasteiger partial charge on any atom is 0.265 e. The van der Waals surface area contributed by atoms with Gasteiger partial charge in [-0.3, -0.25) is 19.1 Å². The highest BCUT2D eigenvalue weighted by Gasteiger charge is 2.29. The maximum absolute atomic E-state index is 13.3. The van der Waals surface area contributed by atoms with Crippen LogP contribution in [-0.4, -0.2) is 75.3 Å². The van der Waals surface area contributed by atoms with Gasteiger partial charge in [-0.25, -0.2) is 9.67 Å². The quantitative estimate of drug-likeness (QED) is 0.550. The largest absolute Gasteiger partial charge is 0.379 e. The first kappa shape index (κ1) is 22.1. The molecular formula is C23H28N6O3S. The number of hydrogen-bond donors (Lipinski definition) is 1. The van der Waals surface area contributed by atoms with Crippen molar-refractivity contribution in [2.24, 2.45) is 0 Å². The van der Waals surface area contributed by atoms with E-state index in [2.05, 4.69) is 21.4 Å². The van der Waals surface area contributed by atoms with E-state index in [4.69, 9.17) is 9.72 Å². The van der Waals surface area contributed by atoms with E-state index in [1.165, 1.54) is 17.3 Å². The number of amides is 1. The number of fused-ring (bicyclic) bond motifs is 2. The summed E-state index contributed by atoms with van der Waals surface area (Å²) in [6, 6.07) is 5.91. The molecule has 2 aliphatic heterocycles. The van der Waals surface area contributed by atoms with Gasteiger partial charge in [-0.05, 0) is 25.5 Å². The number of aromatic nitrogens is 4. The molecule has 1 aromatic carbocycles. The topological polar surface area (TPSA) is 94.3 Å². The number of rotatable bonds is 6. The Balaban J connectivity index is 1.32. The zero-order valence-corrected chi connectivity index (χ0v) is 19.7. The Bertz CT molecular complexity index is 1250. The SMILES string of the molecule is Cc1ccc(-n2ncc3c(=O)n4c(nc32)SCC4CC(=O)NCCN2CCOCC2)c(C)c1. The summed E-state index contributed by atoms with van der Waals surface area (Å²) in [4.78, 5) is 32.9. The zero-order chi connectivity index (χ0) is 22.9. The van der Waals surface area contributed by atoms with Crippen molar-refractivity contribution in [2.75, 3.05) is 45.1 Å². The third-order valence-corrected chi connectivity index (χ3v) is 7.32. The molecule has 5 rings (SSSR count). The van der Waals surface area contributed by atoms with Crippen molar-refractivity contribution in [2.45, 2.75) is 31.5 Å². The van der Waals surface area contributed by atoms with Crippen LogP contribution in [0, 0.1) is 13.8 Å². The summed E-state index contributed by atoms with van der Waals surface area (Å²) in [6.07, 6.45) is 1.85. The Morgan fingerprint density at radius 3 is 2.88 bits per heavy atom. The highest BCUT2D eigenvalue weighted by molar-refractivity contribution is 7.99. The smallest absolute Gasteiger partial charge is 0.265 e. The second-order valence-electron chi connectivity index (χ2n) is 8.63. The van der Waals surface area contributed by atoms with Gasteiger partial charge in [0.1, 0.15) is 5.39 Å². The number of carbonyl (C=O) groups is 1. The summed E-state index contributed by atoms with van der Waals surface area (Å²) in [7, 11) is 0. The number of nitrogens with one attached hydrogen (secondary N) is 1. The molecule has 1 N–H and O–H groups in total. The fourth-order valence-electron chi connectivity index (χ4n) is 4.46. The number of morpholine rings is 1. The van der Waals surface area contributed by atoms with Crippen LogP contribution < -0.4 is 10.9 Å². The van der Waals surface area contributed by atoms with Gasteiger partial charge in [-0.15, -0.1) is 0 Å². The summed E-state index contributed by atoms with van der Waals surface area (Å²) in [5.41, 5.74) is 3.57. The number of thioether (sulfide) groups is 1. The van der Waals surface area contributed by atoms with E-state index in [1.807, 2.05) is 26.0 Å². The first-order chi connectivity index (χ1) is 16.0. The normalized spacial score (nSPS) is 18.5. The summed E-state index contributed by atoms with van der Waals surface area (Å²) >= 11 is 1.52. The molecular weight excluding hydrogens is 440 g/mol.